The fourth-order valence-electron chi connectivity index (χ4n) is 1.53. The Labute approximate surface area is 114 Å². The van der Waals surface area contributed by atoms with Crippen molar-refractivity contribution in [3.8, 4) is 0 Å². The van der Waals surface area contributed by atoms with Crippen molar-refractivity contribution < 1.29 is 4.79 Å². The molecule has 1 amide bonds. The van der Waals surface area contributed by atoms with Gasteiger partial charge in [-0.3, -0.25) is 4.79 Å². The maximum Gasteiger partial charge on any atom is 0.253 e. The quantitative estimate of drug-likeness (QED) is 0.874. The SMILES string of the molecule is CCCNc1ccc(Cl)cc1C(=O)NC(C)(C)C. The largest absolute Gasteiger partial charge is 0.384 e. The summed E-state index contributed by atoms with van der Waals surface area (Å²) in [6.07, 6.45) is 1.00. The second-order valence-corrected chi connectivity index (χ2v) is 5.76. The predicted octanol–water partition coefficient (Wildman–Crippen LogP) is 3.69. The maximum absolute atomic E-state index is 12.2. The zero-order valence-corrected chi connectivity index (χ0v) is 12.2. The van der Waals surface area contributed by atoms with Crippen LogP contribution in [0.5, 0.6) is 0 Å². The lowest BCUT2D eigenvalue weighted by Gasteiger charge is -2.22. The summed E-state index contributed by atoms with van der Waals surface area (Å²) >= 11 is 5.96. The van der Waals surface area contributed by atoms with Gasteiger partial charge in [-0.05, 0) is 45.4 Å². The summed E-state index contributed by atoms with van der Waals surface area (Å²) < 4.78 is 0. The summed E-state index contributed by atoms with van der Waals surface area (Å²) in [5.41, 5.74) is 1.15. The number of benzene rings is 1. The molecule has 0 bridgehead atoms. The van der Waals surface area contributed by atoms with Crippen molar-refractivity contribution >= 4 is 23.2 Å². The van der Waals surface area contributed by atoms with Crippen LogP contribution in [0.3, 0.4) is 0 Å². The Morgan fingerprint density at radius 3 is 2.56 bits per heavy atom. The molecule has 0 unspecified atom stereocenters. The predicted molar refractivity (Wildman–Crippen MR) is 77.5 cm³/mol. The van der Waals surface area contributed by atoms with Crippen LogP contribution < -0.4 is 10.6 Å². The first kappa shape index (κ1) is 14.8. The van der Waals surface area contributed by atoms with Crippen LogP contribution in [0.2, 0.25) is 5.02 Å². The van der Waals surface area contributed by atoms with E-state index in [1.165, 1.54) is 0 Å². The van der Waals surface area contributed by atoms with Gasteiger partial charge in [-0.25, -0.2) is 0 Å². The fraction of sp³-hybridized carbons (Fsp3) is 0.500. The summed E-state index contributed by atoms with van der Waals surface area (Å²) in [6.45, 7) is 8.77. The van der Waals surface area contributed by atoms with E-state index in [1.54, 1.807) is 12.1 Å². The molecule has 4 heteroatoms. The number of carbonyl (C=O) groups is 1. The molecule has 0 fully saturated rings. The lowest BCUT2D eigenvalue weighted by molar-refractivity contribution is 0.0920. The van der Waals surface area contributed by atoms with Crippen molar-refractivity contribution in [3.05, 3.63) is 28.8 Å². The smallest absolute Gasteiger partial charge is 0.253 e. The summed E-state index contributed by atoms with van der Waals surface area (Å²) in [5.74, 6) is -0.108. The number of hydrogen-bond donors (Lipinski definition) is 2. The molecular formula is C14H21ClN2O. The minimum atomic E-state index is -0.262. The molecule has 1 aromatic carbocycles. The first-order valence-electron chi connectivity index (χ1n) is 6.19. The van der Waals surface area contributed by atoms with E-state index >= 15 is 0 Å². The van der Waals surface area contributed by atoms with Gasteiger partial charge in [0.25, 0.3) is 5.91 Å². The van der Waals surface area contributed by atoms with Crippen LogP contribution in [0.4, 0.5) is 5.69 Å². The van der Waals surface area contributed by atoms with Crippen LogP contribution in [0.25, 0.3) is 0 Å². The van der Waals surface area contributed by atoms with Crippen molar-refractivity contribution in [1.29, 1.82) is 0 Å². The van der Waals surface area contributed by atoms with Gasteiger partial charge in [0.05, 0.1) is 5.56 Å². The number of nitrogens with one attached hydrogen (secondary N) is 2. The maximum atomic E-state index is 12.2. The first-order chi connectivity index (χ1) is 8.33. The third-order valence-corrected chi connectivity index (χ3v) is 2.52. The molecule has 18 heavy (non-hydrogen) atoms. The Morgan fingerprint density at radius 1 is 1.33 bits per heavy atom. The van der Waals surface area contributed by atoms with Crippen molar-refractivity contribution in [2.24, 2.45) is 0 Å². The van der Waals surface area contributed by atoms with Crippen LogP contribution in [-0.2, 0) is 0 Å². The average molecular weight is 269 g/mol. The van der Waals surface area contributed by atoms with Crippen molar-refractivity contribution in [2.75, 3.05) is 11.9 Å². The molecule has 0 saturated heterocycles. The minimum Gasteiger partial charge on any atom is -0.384 e. The first-order valence-corrected chi connectivity index (χ1v) is 6.57. The van der Waals surface area contributed by atoms with Crippen LogP contribution in [0, 0.1) is 0 Å². The average Bonchev–Trinajstić information content (AvgIpc) is 2.25. The Bertz CT molecular complexity index is 424. The van der Waals surface area contributed by atoms with E-state index in [1.807, 2.05) is 26.8 Å². The zero-order valence-electron chi connectivity index (χ0n) is 11.4. The molecular weight excluding hydrogens is 248 g/mol. The van der Waals surface area contributed by atoms with E-state index in [9.17, 15) is 4.79 Å². The molecule has 0 aromatic heterocycles. The molecule has 100 valence electrons. The number of rotatable bonds is 4. The van der Waals surface area contributed by atoms with Gasteiger partial charge in [0, 0.05) is 22.8 Å². The molecule has 0 aliphatic carbocycles. The summed E-state index contributed by atoms with van der Waals surface area (Å²) in [5, 5.41) is 6.75. The van der Waals surface area contributed by atoms with Gasteiger partial charge in [-0.2, -0.15) is 0 Å². The molecule has 1 aromatic rings. The van der Waals surface area contributed by atoms with Gasteiger partial charge < -0.3 is 10.6 Å². The summed E-state index contributed by atoms with van der Waals surface area (Å²) in [7, 11) is 0. The Morgan fingerprint density at radius 2 is 2.00 bits per heavy atom. The highest BCUT2D eigenvalue weighted by Crippen LogP contribution is 2.21. The molecule has 2 N–H and O–H groups in total. The second-order valence-electron chi connectivity index (χ2n) is 5.32. The van der Waals surface area contributed by atoms with Gasteiger partial charge in [-0.15, -0.1) is 0 Å². The van der Waals surface area contributed by atoms with E-state index < -0.39 is 0 Å². The summed E-state index contributed by atoms with van der Waals surface area (Å²) in [4.78, 5) is 12.2. The number of anilines is 1. The Balaban J connectivity index is 2.97. The lowest BCUT2D eigenvalue weighted by atomic mass is 10.1. The molecule has 0 radical (unpaired) electrons. The molecule has 0 saturated carbocycles. The van der Waals surface area contributed by atoms with E-state index in [2.05, 4.69) is 17.6 Å². The molecule has 0 heterocycles. The standard InChI is InChI=1S/C14H21ClN2O/c1-5-8-16-12-7-6-10(15)9-11(12)13(18)17-14(2,3)4/h6-7,9,16H,5,8H2,1-4H3,(H,17,18). The summed E-state index contributed by atoms with van der Waals surface area (Å²) in [6, 6.07) is 5.32. The van der Waals surface area contributed by atoms with E-state index in [4.69, 9.17) is 11.6 Å². The van der Waals surface area contributed by atoms with Gasteiger partial charge in [0.15, 0.2) is 0 Å². The second kappa shape index (κ2) is 6.10. The van der Waals surface area contributed by atoms with Crippen molar-refractivity contribution in [2.45, 2.75) is 39.7 Å². The lowest BCUT2D eigenvalue weighted by Crippen LogP contribution is -2.40. The monoisotopic (exact) mass is 268 g/mol. The zero-order chi connectivity index (χ0) is 13.8. The van der Waals surface area contributed by atoms with E-state index in [-0.39, 0.29) is 11.4 Å². The third kappa shape index (κ3) is 4.57. The minimum absolute atomic E-state index is 0.108. The number of halogens is 1. The molecule has 1 rings (SSSR count). The third-order valence-electron chi connectivity index (χ3n) is 2.28. The topological polar surface area (TPSA) is 41.1 Å². The van der Waals surface area contributed by atoms with Crippen LogP contribution in [0.15, 0.2) is 18.2 Å². The molecule has 3 nitrogen and oxygen atoms in total. The molecule has 0 aliphatic rings. The Kier molecular flexibility index (Phi) is 5.03. The van der Waals surface area contributed by atoms with E-state index in [0.717, 1.165) is 18.7 Å². The van der Waals surface area contributed by atoms with Crippen LogP contribution >= 0.6 is 11.6 Å². The van der Waals surface area contributed by atoms with Gasteiger partial charge in [-0.1, -0.05) is 18.5 Å². The van der Waals surface area contributed by atoms with Gasteiger partial charge in [0.1, 0.15) is 0 Å². The highest BCUT2D eigenvalue weighted by atomic mass is 35.5. The normalized spacial score (nSPS) is 11.2. The Hall–Kier alpha value is -1.22. The number of hydrogen-bond acceptors (Lipinski definition) is 2. The van der Waals surface area contributed by atoms with Gasteiger partial charge >= 0.3 is 0 Å². The number of carbonyl (C=O) groups excluding carboxylic acids is 1. The molecule has 0 aliphatic heterocycles. The number of amides is 1. The van der Waals surface area contributed by atoms with Gasteiger partial charge in [0.2, 0.25) is 0 Å². The van der Waals surface area contributed by atoms with Crippen LogP contribution in [-0.4, -0.2) is 18.0 Å². The fourth-order valence-corrected chi connectivity index (χ4v) is 1.70. The van der Waals surface area contributed by atoms with E-state index in [0.29, 0.717) is 10.6 Å². The van der Waals surface area contributed by atoms with Crippen LogP contribution in [0.1, 0.15) is 44.5 Å². The highest BCUT2D eigenvalue weighted by Gasteiger charge is 2.18. The highest BCUT2D eigenvalue weighted by molar-refractivity contribution is 6.31. The molecule has 0 atom stereocenters. The van der Waals surface area contributed by atoms with Crippen molar-refractivity contribution in [1.82, 2.24) is 5.32 Å². The van der Waals surface area contributed by atoms with Crippen molar-refractivity contribution in [3.63, 3.8) is 0 Å². The molecule has 0 spiro atoms.